The van der Waals surface area contributed by atoms with Gasteiger partial charge in [0.15, 0.2) is 16.7 Å². The van der Waals surface area contributed by atoms with Gasteiger partial charge in [-0.05, 0) is 104 Å². The number of anilines is 1. The van der Waals surface area contributed by atoms with Crippen LogP contribution in [0.25, 0.3) is 6.08 Å². The van der Waals surface area contributed by atoms with Crippen LogP contribution >= 0.6 is 23.4 Å². The maximum atomic E-state index is 14.0. The lowest BCUT2D eigenvalue weighted by Gasteiger charge is -2.16. The van der Waals surface area contributed by atoms with Crippen molar-refractivity contribution in [3.05, 3.63) is 153 Å². The summed E-state index contributed by atoms with van der Waals surface area (Å²) < 4.78 is 18.3. The number of rotatable bonds is 11. The molecule has 0 aliphatic carbocycles. The van der Waals surface area contributed by atoms with Crippen LogP contribution in [0, 0.1) is 13.8 Å². The Morgan fingerprint density at radius 2 is 1.40 bits per heavy atom. The molecule has 5 aromatic rings. The van der Waals surface area contributed by atoms with Gasteiger partial charge in [-0.15, -0.1) is 0 Å². The number of aryl methyl sites for hydroxylation is 2. The quantitative estimate of drug-likeness (QED) is 0.131. The number of aliphatic imine (C=N–C) groups is 1. The summed E-state index contributed by atoms with van der Waals surface area (Å²) >= 11 is 7.77. The van der Waals surface area contributed by atoms with Crippen molar-refractivity contribution < 1.29 is 19.0 Å². The Morgan fingerprint density at radius 3 is 2.12 bits per heavy atom. The molecule has 0 radical (unpaired) electrons. The Labute approximate surface area is 290 Å². The molecule has 0 saturated carbocycles. The first-order chi connectivity index (χ1) is 23.4. The van der Waals surface area contributed by atoms with Gasteiger partial charge in [-0.3, -0.25) is 9.69 Å². The fourth-order valence-corrected chi connectivity index (χ4v) is 6.20. The highest BCUT2D eigenvalue weighted by Gasteiger charge is 2.35. The van der Waals surface area contributed by atoms with E-state index in [1.807, 2.05) is 130 Å². The smallest absolute Gasteiger partial charge is 0.271 e. The van der Waals surface area contributed by atoms with Gasteiger partial charge in [0.2, 0.25) is 0 Å². The number of hydrogen-bond donors (Lipinski definition) is 0. The Hall–Kier alpha value is -4.98. The first kappa shape index (κ1) is 32.9. The predicted molar refractivity (Wildman–Crippen MR) is 197 cm³/mol. The molecule has 8 heteroatoms. The number of benzene rings is 5. The lowest BCUT2D eigenvalue weighted by Crippen LogP contribution is -2.28. The zero-order valence-corrected chi connectivity index (χ0v) is 28.6. The molecule has 0 unspecified atom stereocenters. The highest BCUT2D eigenvalue weighted by atomic mass is 35.5. The first-order valence-corrected chi connectivity index (χ1v) is 16.9. The van der Waals surface area contributed by atoms with E-state index >= 15 is 0 Å². The third kappa shape index (κ3) is 8.11. The molecule has 0 spiro atoms. The van der Waals surface area contributed by atoms with Gasteiger partial charge >= 0.3 is 0 Å². The van der Waals surface area contributed by atoms with Crippen LogP contribution < -0.4 is 19.1 Å². The molecule has 242 valence electrons. The molecule has 48 heavy (non-hydrogen) atoms. The molecule has 0 N–H and O–H groups in total. The van der Waals surface area contributed by atoms with Crippen molar-refractivity contribution in [2.75, 3.05) is 11.5 Å². The highest BCUT2D eigenvalue weighted by molar-refractivity contribution is 8.19. The molecule has 5 aromatic carbocycles. The van der Waals surface area contributed by atoms with Gasteiger partial charge in [-0.1, -0.05) is 83.4 Å². The normalized spacial score (nSPS) is 14.5. The van der Waals surface area contributed by atoms with Gasteiger partial charge in [0, 0.05) is 10.6 Å². The van der Waals surface area contributed by atoms with E-state index in [2.05, 4.69) is 0 Å². The van der Waals surface area contributed by atoms with E-state index in [0.29, 0.717) is 51.1 Å². The van der Waals surface area contributed by atoms with E-state index < -0.39 is 0 Å². The summed E-state index contributed by atoms with van der Waals surface area (Å²) in [6.45, 7) is 7.20. The Bertz CT molecular complexity index is 1960. The third-order valence-corrected chi connectivity index (χ3v) is 8.76. The average Bonchev–Trinajstić information content (AvgIpc) is 3.39. The van der Waals surface area contributed by atoms with Gasteiger partial charge in [-0.25, -0.2) is 4.99 Å². The number of thioether (sulfide) groups is 1. The number of amidine groups is 1. The lowest BCUT2D eigenvalue weighted by atomic mass is 10.1. The summed E-state index contributed by atoms with van der Waals surface area (Å²) in [4.78, 5) is 21.0. The number of halogens is 1. The average molecular weight is 675 g/mol. The number of carbonyl (C=O) groups is 1. The second-order valence-corrected chi connectivity index (χ2v) is 12.7. The summed E-state index contributed by atoms with van der Waals surface area (Å²) in [5.41, 5.74) is 6.43. The van der Waals surface area contributed by atoms with Crippen molar-refractivity contribution in [1.29, 1.82) is 0 Å². The van der Waals surface area contributed by atoms with Crippen molar-refractivity contribution in [2.24, 2.45) is 4.99 Å². The Balaban J connectivity index is 1.25. The van der Waals surface area contributed by atoms with Gasteiger partial charge in [-0.2, -0.15) is 0 Å². The fourth-order valence-electron chi connectivity index (χ4n) is 5.03. The molecule has 1 saturated heterocycles. The molecule has 6 rings (SSSR count). The van der Waals surface area contributed by atoms with Gasteiger partial charge in [0.25, 0.3) is 5.91 Å². The van der Waals surface area contributed by atoms with Crippen LogP contribution in [0.4, 0.5) is 11.4 Å². The van der Waals surface area contributed by atoms with Gasteiger partial charge in [0.05, 0.1) is 22.9 Å². The van der Waals surface area contributed by atoms with E-state index in [9.17, 15) is 4.79 Å². The number of ether oxygens (including phenoxy) is 3. The molecular formula is C40H35ClN2O4S. The Morgan fingerprint density at radius 1 is 0.729 bits per heavy atom. The Kier molecular flexibility index (Phi) is 10.5. The van der Waals surface area contributed by atoms with Crippen LogP contribution in [0.2, 0.25) is 5.02 Å². The van der Waals surface area contributed by atoms with Crippen molar-refractivity contribution >= 4 is 51.9 Å². The molecule has 1 aliphatic heterocycles. The molecule has 1 aliphatic rings. The van der Waals surface area contributed by atoms with Crippen LogP contribution in [0.5, 0.6) is 17.2 Å². The summed E-state index contributed by atoms with van der Waals surface area (Å²) in [6.07, 6.45) is 1.82. The van der Waals surface area contributed by atoms with Crippen LogP contribution in [0.3, 0.4) is 0 Å². The van der Waals surface area contributed by atoms with Crippen molar-refractivity contribution in [1.82, 2.24) is 0 Å². The number of amides is 1. The van der Waals surface area contributed by atoms with Crippen molar-refractivity contribution in [2.45, 2.75) is 34.0 Å². The van der Waals surface area contributed by atoms with E-state index in [1.165, 1.54) is 11.8 Å². The number of carbonyl (C=O) groups excluding carboxylic acids is 1. The fraction of sp³-hybridized carbons (Fsp3) is 0.150. The zero-order valence-electron chi connectivity index (χ0n) is 27.0. The predicted octanol–water partition coefficient (Wildman–Crippen LogP) is 10.3. The van der Waals surface area contributed by atoms with E-state index in [1.54, 1.807) is 17.0 Å². The van der Waals surface area contributed by atoms with Crippen LogP contribution in [0.1, 0.15) is 34.7 Å². The monoisotopic (exact) mass is 674 g/mol. The lowest BCUT2D eigenvalue weighted by molar-refractivity contribution is -0.113. The van der Waals surface area contributed by atoms with E-state index in [-0.39, 0.29) is 12.5 Å². The highest BCUT2D eigenvalue weighted by Crippen LogP contribution is 2.39. The van der Waals surface area contributed by atoms with Crippen molar-refractivity contribution in [3.63, 3.8) is 0 Å². The zero-order chi connectivity index (χ0) is 33.5. The molecule has 1 amide bonds. The number of hydrogen-bond acceptors (Lipinski definition) is 6. The second kappa shape index (κ2) is 15.3. The molecule has 0 atom stereocenters. The maximum absolute atomic E-state index is 14.0. The van der Waals surface area contributed by atoms with Crippen LogP contribution in [-0.4, -0.2) is 17.7 Å². The molecular weight excluding hydrogens is 640 g/mol. The largest absolute Gasteiger partial charge is 0.490 e. The molecule has 0 aromatic heterocycles. The summed E-state index contributed by atoms with van der Waals surface area (Å²) in [6, 6.07) is 36.9. The minimum absolute atomic E-state index is 0.173. The third-order valence-electron chi connectivity index (χ3n) is 7.56. The van der Waals surface area contributed by atoms with E-state index in [4.69, 9.17) is 30.8 Å². The topological polar surface area (TPSA) is 60.4 Å². The molecule has 6 nitrogen and oxygen atoms in total. The first-order valence-electron chi connectivity index (χ1n) is 15.7. The van der Waals surface area contributed by atoms with Crippen molar-refractivity contribution in [3.8, 4) is 17.2 Å². The number of nitrogens with zero attached hydrogens (tertiary/aromatic N) is 2. The van der Waals surface area contributed by atoms with E-state index in [0.717, 1.165) is 33.6 Å². The van der Waals surface area contributed by atoms with Gasteiger partial charge < -0.3 is 14.2 Å². The standard InChI is InChI=1S/C40H35ClN2O4S/c1-4-45-37-22-30(14-20-36(37)47-25-29-8-6-5-7-9-29)26-46-35-21-15-32(41)23-31(35)24-38-39(44)43(34-18-12-28(3)13-19-34)40(48-38)42-33-16-10-27(2)11-17-33/h5-24H,4,25-26H2,1-3H3/b38-24+,42-40?. The summed E-state index contributed by atoms with van der Waals surface area (Å²) in [5, 5.41) is 1.11. The molecule has 1 heterocycles. The summed E-state index contributed by atoms with van der Waals surface area (Å²) in [7, 11) is 0. The van der Waals surface area contributed by atoms with Crippen LogP contribution in [0.15, 0.2) is 125 Å². The molecule has 1 fully saturated rings. The maximum Gasteiger partial charge on any atom is 0.271 e. The SMILES string of the molecule is CCOc1cc(COc2ccc(Cl)cc2/C=C2/SC(=Nc3ccc(C)cc3)N(c3ccc(C)cc3)C2=O)ccc1OCc1ccccc1. The molecule has 0 bridgehead atoms. The minimum Gasteiger partial charge on any atom is -0.490 e. The minimum atomic E-state index is -0.173. The second-order valence-electron chi connectivity index (χ2n) is 11.3. The van der Waals surface area contributed by atoms with Crippen LogP contribution in [-0.2, 0) is 18.0 Å². The summed E-state index contributed by atoms with van der Waals surface area (Å²) in [5.74, 6) is 1.73. The van der Waals surface area contributed by atoms with Gasteiger partial charge in [0.1, 0.15) is 19.0 Å².